The van der Waals surface area contributed by atoms with Gasteiger partial charge in [0.25, 0.3) is 0 Å². The minimum Gasteiger partial charge on any atom is -0.496 e. The zero-order chi connectivity index (χ0) is 19.2. The van der Waals surface area contributed by atoms with Crippen LogP contribution in [0.25, 0.3) is 0 Å². The number of hydrogen-bond donors (Lipinski definition) is 1. The standard InChI is InChI=1S/C22H31N3O2/c1-15-16(2)20(27-4)9-8-17(15)12-25-13-18-6-5-7-19(14-25)22(18,26)21-23-10-11-24(21)3/h8-11,18-19,26H,5-7,12-14H2,1-4H3/t18-,19+,22?. The van der Waals surface area contributed by atoms with Gasteiger partial charge in [0.2, 0.25) is 0 Å². The molecule has 146 valence electrons. The first-order chi connectivity index (χ1) is 12.9. The number of nitrogens with zero attached hydrogens (tertiary/aromatic N) is 3. The largest absolute Gasteiger partial charge is 0.496 e. The van der Waals surface area contributed by atoms with Crippen molar-refractivity contribution in [3.8, 4) is 5.75 Å². The molecule has 5 nitrogen and oxygen atoms in total. The Morgan fingerprint density at radius 3 is 2.48 bits per heavy atom. The highest BCUT2D eigenvalue weighted by atomic mass is 16.5. The quantitative estimate of drug-likeness (QED) is 0.899. The fourth-order valence-electron chi connectivity index (χ4n) is 5.27. The molecule has 3 atom stereocenters. The first kappa shape index (κ1) is 18.5. The van der Waals surface area contributed by atoms with Crippen molar-refractivity contribution in [3.05, 3.63) is 47.0 Å². The van der Waals surface area contributed by atoms with E-state index in [1.165, 1.54) is 23.1 Å². The van der Waals surface area contributed by atoms with E-state index in [-0.39, 0.29) is 11.8 Å². The van der Waals surface area contributed by atoms with Gasteiger partial charge in [-0.25, -0.2) is 4.98 Å². The van der Waals surface area contributed by atoms with Gasteiger partial charge in [-0.1, -0.05) is 12.5 Å². The molecule has 4 rings (SSSR count). The van der Waals surface area contributed by atoms with E-state index in [0.29, 0.717) is 0 Å². The zero-order valence-corrected chi connectivity index (χ0v) is 16.9. The molecular formula is C22H31N3O2. The minimum absolute atomic E-state index is 0.241. The van der Waals surface area contributed by atoms with Gasteiger partial charge in [-0.15, -0.1) is 0 Å². The molecule has 0 radical (unpaired) electrons. The number of likely N-dealkylation sites (tertiary alicyclic amines) is 1. The third kappa shape index (κ3) is 2.97. The molecule has 27 heavy (non-hydrogen) atoms. The number of aryl methyl sites for hydroxylation is 1. The molecule has 1 saturated carbocycles. The Hall–Kier alpha value is -1.85. The van der Waals surface area contributed by atoms with Crippen LogP contribution >= 0.6 is 0 Å². The van der Waals surface area contributed by atoms with E-state index in [1.807, 2.05) is 17.8 Å². The highest BCUT2D eigenvalue weighted by Crippen LogP contribution is 2.48. The lowest BCUT2D eigenvalue weighted by molar-refractivity contribution is -0.155. The average Bonchev–Trinajstić information content (AvgIpc) is 3.07. The van der Waals surface area contributed by atoms with Crippen LogP contribution in [-0.2, 0) is 19.2 Å². The van der Waals surface area contributed by atoms with E-state index in [2.05, 4.69) is 35.9 Å². The Labute approximate surface area is 162 Å². The molecule has 1 aliphatic carbocycles. The highest BCUT2D eigenvalue weighted by Gasteiger charge is 2.53. The van der Waals surface area contributed by atoms with Crippen LogP contribution in [0.1, 0.15) is 41.8 Å². The van der Waals surface area contributed by atoms with E-state index < -0.39 is 5.60 Å². The van der Waals surface area contributed by atoms with Gasteiger partial charge in [-0.05, 0) is 49.4 Å². The maximum Gasteiger partial charge on any atom is 0.141 e. The van der Waals surface area contributed by atoms with Crippen molar-refractivity contribution < 1.29 is 9.84 Å². The summed E-state index contributed by atoms with van der Waals surface area (Å²) >= 11 is 0. The maximum absolute atomic E-state index is 11.7. The minimum atomic E-state index is -0.794. The zero-order valence-electron chi connectivity index (χ0n) is 16.9. The number of aliphatic hydroxyl groups is 1. The topological polar surface area (TPSA) is 50.5 Å². The number of imidazole rings is 1. The van der Waals surface area contributed by atoms with Crippen molar-refractivity contribution in [1.29, 1.82) is 0 Å². The summed E-state index contributed by atoms with van der Waals surface area (Å²) in [6.45, 7) is 7.08. The van der Waals surface area contributed by atoms with E-state index >= 15 is 0 Å². The van der Waals surface area contributed by atoms with Crippen molar-refractivity contribution in [2.75, 3.05) is 20.2 Å². The Morgan fingerprint density at radius 1 is 1.19 bits per heavy atom. The molecule has 2 fully saturated rings. The van der Waals surface area contributed by atoms with Gasteiger partial charge in [0.05, 0.1) is 7.11 Å². The number of piperidine rings is 1. The molecule has 0 amide bonds. The van der Waals surface area contributed by atoms with Gasteiger partial charge in [-0.3, -0.25) is 4.90 Å². The summed E-state index contributed by atoms with van der Waals surface area (Å²) in [6.07, 6.45) is 7.09. The maximum atomic E-state index is 11.7. The lowest BCUT2D eigenvalue weighted by atomic mass is 9.65. The van der Waals surface area contributed by atoms with Crippen molar-refractivity contribution in [1.82, 2.24) is 14.5 Å². The number of benzene rings is 1. The first-order valence-electron chi connectivity index (χ1n) is 10.0. The molecule has 5 heteroatoms. The van der Waals surface area contributed by atoms with Crippen molar-refractivity contribution in [3.63, 3.8) is 0 Å². The van der Waals surface area contributed by atoms with Crippen molar-refractivity contribution >= 4 is 0 Å². The second kappa shape index (κ2) is 6.95. The summed E-state index contributed by atoms with van der Waals surface area (Å²) in [7, 11) is 3.72. The van der Waals surface area contributed by atoms with Crippen LogP contribution in [0.5, 0.6) is 5.75 Å². The average molecular weight is 370 g/mol. The molecule has 2 bridgehead atoms. The van der Waals surface area contributed by atoms with Crippen molar-refractivity contribution in [2.24, 2.45) is 18.9 Å². The lowest BCUT2D eigenvalue weighted by Crippen LogP contribution is -2.58. The number of methoxy groups -OCH3 is 1. The molecule has 0 spiro atoms. The number of hydrogen-bond acceptors (Lipinski definition) is 4. The first-order valence-corrected chi connectivity index (χ1v) is 10.0. The van der Waals surface area contributed by atoms with Crippen LogP contribution in [0.15, 0.2) is 24.5 Å². The molecule has 2 heterocycles. The number of ether oxygens (including phenoxy) is 1. The Balaban J connectivity index is 1.58. The number of aromatic nitrogens is 2. The monoisotopic (exact) mass is 369 g/mol. The molecule has 1 saturated heterocycles. The molecule has 1 aromatic heterocycles. The summed E-state index contributed by atoms with van der Waals surface area (Å²) in [5.74, 6) is 2.28. The highest BCUT2D eigenvalue weighted by molar-refractivity contribution is 5.43. The van der Waals surface area contributed by atoms with Crippen LogP contribution in [0.2, 0.25) is 0 Å². The number of rotatable bonds is 4. The Morgan fingerprint density at radius 2 is 1.89 bits per heavy atom. The van der Waals surface area contributed by atoms with Crippen LogP contribution < -0.4 is 4.74 Å². The van der Waals surface area contributed by atoms with Crippen LogP contribution in [-0.4, -0.2) is 39.8 Å². The van der Waals surface area contributed by atoms with Gasteiger partial charge >= 0.3 is 0 Å². The molecule has 2 aromatic rings. The van der Waals surface area contributed by atoms with E-state index in [9.17, 15) is 5.11 Å². The fraction of sp³-hybridized carbons (Fsp3) is 0.591. The van der Waals surface area contributed by atoms with E-state index in [4.69, 9.17) is 4.74 Å². The van der Waals surface area contributed by atoms with Crippen molar-refractivity contribution in [2.45, 2.75) is 45.3 Å². The van der Waals surface area contributed by atoms with Gasteiger partial charge in [0, 0.05) is 50.9 Å². The van der Waals surface area contributed by atoms with Gasteiger partial charge in [0.15, 0.2) is 0 Å². The summed E-state index contributed by atoms with van der Waals surface area (Å²) in [5.41, 5.74) is 3.09. The smallest absolute Gasteiger partial charge is 0.141 e. The molecule has 1 aromatic carbocycles. The third-order valence-electron chi connectivity index (χ3n) is 6.95. The predicted octanol–water partition coefficient (Wildman–Crippen LogP) is 3.17. The predicted molar refractivity (Wildman–Crippen MR) is 106 cm³/mol. The lowest BCUT2D eigenvalue weighted by Gasteiger charge is -2.52. The number of fused-ring (bicyclic) bond motifs is 2. The Bertz CT molecular complexity index is 815. The Kier molecular flexibility index (Phi) is 4.77. The summed E-state index contributed by atoms with van der Waals surface area (Å²) in [4.78, 5) is 7.06. The molecule has 2 aliphatic rings. The molecule has 1 unspecified atom stereocenters. The van der Waals surface area contributed by atoms with Crippen LogP contribution in [0.4, 0.5) is 0 Å². The summed E-state index contributed by atoms with van der Waals surface area (Å²) < 4.78 is 7.45. The van der Waals surface area contributed by atoms with E-state index in [1.54, 1.807) is 13.3 Å². The van der Waals surface area contributed by atoms with Crippen LogP contribution in [0, 0.1) is 25.7 Å². The normalized spacial score (nSPS) is 28.3. The second-order valence-electron chi connectivity index (χ2n) is 8.38. The summed E-state index contributed by atoms with van der Waals surface area (Å²) in [6, 6.07) is 4.27. The molecule has 1 N–H and O–H groups in total. The second-order valence-corrected chi connectivity index (χ2v) is 8.38. The van der Waals surface area contributed by atoms with E-state index in [0.717, 1.165) is 44.0 Å². The fourth-order valence-corrected chi connectivity index (χ4v) is 5.27. The molecule has 1 aliphatic heterocycles. The summed E-state index contributed by atoms with van der Waals surface area (Å²) in [5, 5.41) is 11.7. The molecular weight excluding hydrogens is 338 g/mol. The SMILES string of the molecule is COc1ccc(CN2C[C@H]3CCC[C@@H](C2)C3(O)c2nccn2C)c(C)c1C. The van der Waals surface area contributed by atoms with Gasteiger partial charge in [0.1, 0.15) is 17.2 Å². The van der Waals surface area contributed by atoms with Gasteiger partial charge in [-0.2, -0.15) is 0 Å². The van der Waals surface area contributed by atoms with Crippen LogP contribution in [0.3, 0.4) is 0 Å². The third-order valence-corrected chi connectivity index (χ3v) is 6.95. The van der Waals surface area contributed by atoms with Gasteiger partial charge < -0.3 is 14.4 Å².